The number of nitrogens with zero attached hydrogens (tertiary/aromatic N) is 1. The standard InChI is InChI=1S/C23H26F3NO7S/c1-3-35(29,30)14-4-13-32-19-10-5-16(15-21(19)31-2)27-12-11-20(22(27)28)33-17-6-8-18(9-7-17)34-23(24,25)26/h5-10,15,20H,3-4,11-14H2,1-2H3. The number of sulfone groups is 1. The van der Waals surface area contributed by atoms with Gasteiger partial charge in [-0.05, 0) is 42.8 Å². The van der Waals surface area contributed by atoms with Gasteiger partial charge in [-0.15, -0.1) is 13.2 Å². The van der Waals surface area contributed by atoms with Gasteiger partial charge in [0.05, 0.1) is 19.5 Å². The van der Waals surface area contributed by atoms with Crippen LogP contribution in [0.4, 0.5) is 18.9 Å². The van der Waals surface area contributed by atoms with E-state index >= 15 is 0 Å². The minimum Gasteiger partial charge on any atom is -0.493 e. The molecule has 0 aromatic heterocycles. The Hall–Kier alpha value is -3.15. The summed E-state index contributed by atoms with van der Waals surface area (Å²) < 4.78 is 80.6. The van der Waals surface area contributed by atoms with Gasteiger partial charge in [-0.2, -0.15) is 0 Å². The summed E-state index contributed by atoms with van der Waals surface area (Å²) >= 11 is 0. The monoisotopic (exact) mass is 517 g/mol. The number of carbonyl (C=O) groups excluding carboxylic acids is 1. The molecule has 1 unspecified atom stereocenters. The number of hydrogen-bond acceptors (Lipinski definition) is 7. The predicted molar refractivity (Wildman–Crippen MR) is 122 cm³/mol. The average molecular weight is 518 g/mol. The number of ether oxygens (including phenoxy) is 4. The molecule has 3 rings (SSSR count). The van der Waals surface area contributed by atoms with Crippen LogP contribution in [0.15, 0.2) is 42.5 Å². The van der Waals surface area contributed by atoms with Crippen LogP contribution in [0.5, 0.6) is 23.0 Å². The summed E-state index contributed by atoms with van der Waals surface area (Å²) in [6.07, 6.45) is -4.87. The highest BCUT2D eigenvalue weighted by molar-refractivity contribution is 7.91. The lowest BCUT2D eigenvalue weighted by Crippen LogP contribution is -2.32. The summed E-state index contributed by atoms with van der Waals surface area (Å²) in [5.41, 5.74) is 0.563. The Labute approximate surface area is 201 Å². The lowest BCUT2D eigenvalue weighted by molar-refractivity contribution is -0.274. The molecule has 2 aromatic carbocycles. The van der Waals surface area contributed by atoms with E-state index in [9.17, 15) is 26.4 Å². The van der Waals surface area contributed by atoms with Crippen molar-refractivity contribution in [3.05, 3.63) is 42.5 Å². The van der Waals surface area contributed by atoms with Gasteiger partial charge < -0.3 is 23.8 Å². The summed E-state index contributed by atoms with van der Waals surface area (Å²) in [6, 6.07) is 9.80. The largest absolute Gasteiger partial charge is 0.573 e. The molecule has 2 aromatic rings. The molecular formula is C23H26F3NO7S. The Bertz CT molecular complexity index is 1120. The Morgan fingerprint density at radius 2 is 1.74 bits per heavy atom. The van der Waals surface area contributed by atoms with Gasteiger partial charge in [0.15, 0.2) is 17.6 Å². The van der Waals surface area contributed by atoms with E-state index in [0.717, 1.165) is 12.1 Å². The number of benzene rings is 2. The fourth-order valence-electron chi connectivity index (χ4n) is 3.45. The topological polar surface area (TPSA) is 91.4 Å². The summed E-state index contributed by atoms with van der Waals surface area (Å²) in [5, 5.41) is 0. The van der Waals surface area contributed by atoms with Crippen molar-refractivity contribution in [2.75, 3.05) is 36.7 Å². The van der Waals surface area contributed by atoms with Gasteiger partial charge in [-0.1, -0.05) is 6.92 Å². The molecule has 1 aliphatic rings. The van der Waals surface area contributed by atoms with Crippen molar-refractivity contribution in [2.45, 2.75) is 32.2 Å². The molecule has 1 aliphatic heterocycles. The summed E-state index contributed by atoms with van der Waals surface area (Å²) in [5.74, 6) is 0.477. The molecule has 0 spiro atoms. The van der Waals surface area contributed by atoms with Crippen LogP contribution in [-0.4, -0.2) is 58.6 Å². The van der Waals surface area contributed by atoms with Crippen molar-refractivity contribution < 1.29 is 45.3 Å². The lowest BCUT2D eigenvalue weighted by atomic mass is 10.2. The third-order valence-electron chi connectivity index (χ3n) is 5.25. The number of carbonyl (C=O) groups is 1. The molecule has 1 saturated heterocycles. The molecule has 1 heterocycles. The number of methoxy groups -OCH3 is 1. The lowest BCUT2D eigenvalue weighted by Gasteiger charge is -2.19. The second-order valence-electron chi connectivity index (χ2n) is 7.68. The third kappa shape index (κ3) is 7.41. The minimum atomic E-state index is -4.79. The van der Waals surface area contributed by atoms with Crippen molar-refractivity contribution in [1.29, 1.82) is 0 Å². The van der Waals surface area contributed by atoms with E-state index in [1.54, 1.807) is 25.1 Å². The Morgan fingerprint density at radius 3 is 2.37 bits per heavy atom. The first kappa shape index (κ1) is 26.5. The average Bonchev–Trinajstić information content (AvgIpc) is 3.17. The molecule has 0 aliphatic carbocycles. The molecule has 12 heteroatoms. The van der Waals surface area contributed by atoms with Crippen LogP contribution in [0.3, 0.4) is 0 Å². The predicted octanol–water partition coefficient (Wildman–Crippen LogP) is 3.98. The van der Waals surface area contributed by atoms with Crippen LogP contribution in [0.1, 0.15) is 19.8 Å². The van der Waals surface area contributed by atoms with E-state index in [2.05, 4.69) is 4.74 Å². The quantitative estimate of drug-likeness (QED) is 0.417. The molecule has 35 heavy (non-hydrogen) atoms. The van der Waals surface area contributed by atoms with Crippen molar-refractivity contribution in [3.8, 4) is 23.0 Å². The van der Waals surface area contributed by atoms with Crippen molar-refractivity contribution >= 4 is 21.4 Å². The second-order valence-corrected chi connectivity index (χ2v) is 10.2. The summed E-state index contributed by atoms with van der Waals surface area (Å²) in [7, 11) is -1.61. The number of halogens is 3. The van der Waals surface area contributed by atoms with Gasteiger partial charge in [0.2, 0.25) is 0 Å². The molecule has 192 valence electrons. The van der Waals surface area contributed by atoms with Gasteiger partial charge in [-0.3, -0.25) is 4.79 Å². The van der Waals surface area contributed by atoms with Crippen LogP contribution < -0.4 is 23.8 Å². The van der Waals surface area contributed by atoms with E-state index in [-0.39, 0.29) is 35.5 Å². The number of amides is 1. The minimum absolute atomic E-state index is 0.0334. The summed E-state index contributed by atoms with van der Waals surface area (Å²) in [6.45, 7) is 2.16. The molecule has 1 atom stereocenters. The highest BCUT2D eigenvalue weighted by atomic mass is 32.2. The maximum Gasteiger partial charge on any atom is 0.573 e. The molecule has 1 amide bonds. The molecule has 0 radical (unpaired) electrons. The molecule has 8 nitrogen and oxygen atoms in total. The van der Waals surface area contributed by atoms with Crippen LogP contribution >= 0.6 is 0 Å². The first-order valence-electron chi connectivity index (χ1n) is 10.9. The first-order chi connectivity index (χ1) is 16.5. The SMILES string of the molecule is CCS(=O)(=O)CCCOc1ccc(N2CCC(Oc3ccc(OC(F)(F)F)cc3)C2=O)cc1OC. The van der Waals surface area contributed by atoms with Gasteiger partial charge in [0.1, 0.15) is 21.3 Å². The number of rotatable bonds is 11. The van der Waals surface area contributed by atoms with Crippen LogP contribution in [-0.2, 0) is 14.6 Å². The van der Waals surface area contributed by atoms with E-state index < -0.39 is 22.3 Å². The van der Waals surface area contributed by atoms with Gasteiger partial charge in [-0.25, -0.2) is 8.42 Å². The molecule has 0 saturated carbocycles. The zero-order chi connectivity index (χ0) is 25.6. The second kappa shape index (κ2) is 11.1. The van der Waals surface area contributed by atoms with Crippen molar-refractivity contribution in [1.82, 2.24) is 0 Å². The van der Waals surface area contributed by atoms with Crippen LogP contribution in [0.2, 0.25) is 0 Å². The highest BCUT2D eigenvalue weighted by Gasteiger charge is 2.35. The Balaban J connectivity index is 1.60. The zero-order valence-electron chi connectivity index (χ0n) is 19.2. The van der Waals surface area contributed by atoms with Crippen molar-refractivity contribution in [2.24, 2.45) is 0 Å². The summed E-state index contributed by atoms with van der Waals surface area (Å²) in [4.78, 5) is 14.4. The number of anilines is 1. The maximum atomic E-state index is 12.9. The number of alkyl halides is 3. The fourth-order valence-corrected chi connectivity index (χ4v) is 4.30. The van der Waals surface area contributed by atoms with E-state index in [1.165, 1.54) is 24.1 Å². The van der Waals surface area contributed by atoms with Crippen LogP contribution in [0, 0.1) is 0 Å². The first-order valence-corrected chi connectivity index (χ1v) is 12.7. The molecule has 1 fully saturated rings. The van der Waals surface area contributed by atoms with E-state index in [1.807, 2.05) is 0 Å². The zero-order valence-corrected chi connectivity index (χ0v) is 20.0. The van der Waals surface area contributed by atoms with Gasteiger partial charge in [0, 0.05) is 30.5 Å². The van der Waals surface area contributed by atoms with Crippen LogP contribution in [0.25, 0.3) is 0 Å². The van der Waals surface area contributed by atoms with Gasteiger partial charge in [0.25, 0.3) is 5.91 Å². The fraction of sp³-hybridized carbons (Fsp3) is 0.435. The van der Waals surface area contributed by atoms with Gasteiger partial charge >= 0.3 is 6.36 Å². The molecule has 0 N–H and O–H groups in total. The smallest absolute Gasteiger partial charge is 0.493 e. The Kier molecular flexibility index (Phi) is 8.36. The van der Waals surface area contributed by atoms with Crippen molar-refractivity contribution in [3.63, 3.8) is 0 Å². The maximum absolute atomic E-state index is 12.9. The normalized spacial score (nSPS) is 16.3. The van der Waals surface area contributed by atoms with E-state index in [0.29, 0.717) is 36.6 Å². The Morgan fingerprint density at radius 1 is 1.06 bits per heavy atom. The highest BCUT2D eigenvalue weighted by Crippen LogP contribution is 2.34. The molecular weight excluding hydrogens is 491 g/mol. The molecule has 0 bridgehead atoms. The number of hydrogen-bond donors (Lipinski definition) is 0. The third-order valence-corrected chi connectivity index (χ3v) is 7.04. The van der Waals surface area contributed by atoms with E-state index in [4.69, 9.17) is 14.2 Å².